The fourth-order valence-electron chi connectivity index (χ4n) is 3.18. The number of hydrazine groups is 1. The molecule has 2 aliphatic rings. The van der Waals surface area contributed by atoms with Crippen molar-refractivity contribution in [2.75, 3.05) is 5.32 Å². The van der Waals surface area contributed by atoms with Crippen molar-refractivity contribution >= 4 is 34.6 Å². The quantitative estimate of drug-likeness (QED) is 0.727. The molecule has 1 atom stereocenters. The van der Waals surface area contributed by atoms with Crippen molar-refractivity contribution in [3.63, 3.8) is 0 Å². The number of nitrogens with one attached hydrogen (secondary N) is 3. The summed E-state index contributed by atoms with van der Waals surface area (Å²) >= 11 is 13.0. The van der Waals surface area contributed by atoms with Crippen LogP contribution in [0, 0.1) is 0 Å². The minimum atomic E-state index is -0.107. The molecule has 0 saturated heterocycles. The fourth-order valence-corrected chi connectivity index (χ4v) is 3.70. The van der Waals surface area contributed by atoms with Gasteiger partial charge in [0, 0.05) is 32.6 Å². The Morgan fingerprint density at radius 2 is 1.88 bits per heavy atom. The standard InChI is InChI=1S/C19H18Cl2N4/c1-3-11-8-16-13(9-15(11)21)18(12-6-4-5-7-14(12)20)23-17-10(2)24-25-19(17)22-16/h4-9,19,22,24-25H,3H2,1-2H3. The van der Waals surface area contributed by atoms with Crippen LogP contribution in [0.1, 0.15) is 30.5 Å². The highest BCUT2D eigenvalue weighted by molar-refractivity contribution is 6.36. The number of halogens is 2. The van der Waals surface area contributed by atoms with Gasteiger partial charge in [0.1, 0.15) is 6.17 Å². The molecule has 0 radical (unpaired) electrons. The van der Waals surface area contributed by atoms with Crippen LogP contribution in [0.25, 0.3) is 0 Å². The molecule has 0 aliphatic carbocycles. The van der Waals surface area contributed by atoms with Crippen LogP contribution in [0.4, 0.5) is 5.69 Å². The van der Waals surface area contributed by atoms with Crippen molar-refractivity contribution in [2.45, 2.75) is 26.4 Å². The first-order chi connectivity index (χ1) is 12.1. The normalized spacial score (nSPS) is 18.7. The summed E-state index contributed by atoms with van der Waals surface area (Å²) < 4.78 is 0. The van der Waals surface area contributed by atoms with E-state index < -0.39 is 0 Å². The number of fused-ring (bicyclic) bond motifs is 2. The Morgan fingerprint density at radius 3 is 2.64 bits per heavy atom. The molecule has 2 aromatic carbocycles. The molecule has 0 bridgehead atoms. The Balaban J connectivity index is 2.00. The van der Waals surface area contributed by atoms with Crippen molar-refractivity contribution in [2.24, 2.45) is 4.99 Å². The molecule has 0 amide bonds. The second-order valence-electron chi connectivity index (χ2n) is 6.14. The Bertz CT molecular complexity index is 918. The van der Waals surface area contributed by atoms with Crippen LogP contribution in [0.15, 0.2) is 52.8 Å². The van der Waals surface area contributed by atoms with E-state index in [0.29, 0.717) is 5.02 Å². The molecule has 2 aromatic rings. The summed E-state index contributed by atoms with van der Waals surface area (Å²) in [6.45, 7) is 4.09. The molecule has 4 nitrogen and oxygen atoms in total. The zero-order chi connectivity index (χ0) is 17.6. The number of aryl methyl sites for hydroxylation is 1. The summed E-state index contributed by atoms with van der Waals surface area (Å²) in [6.07, 6.45) is 0.759. The second kappa shape index (κ2) is 6.37. The molecular formula is C19H18Cl2N4. The highest BCUT2D eigenvalue weighted by Gasteiger charge is 2.29. The molecule has 25 heavy (non-hydrogen) atoms. The van der Waals surface area contributed by atoms with Gasteiger partial charge in [-0.05, 0) is 37.1 Å². The Hall–Kier alpha value is -2.01. The van der Waals surface area contributed by atoms with Gasteiger partial charge in [-0.15, -0.1) is 0 Å². The molecule has 0 aromatic heterocycles. The van der Waals surface area contributed by atoms with Crippen molar-refractivity contribution in [1.82, 2.24) is 10.9 Å². The van der Waals surface area contributed by atoms with Crippen molar-refractivity contribution in [3.05, 3.63) is 74.5 Å². The summed E-state index contributed by atoms with van der Waals surface area (Å²) in [6, 6.07) is 11.8. The molecule has 2 aliphatic heterocycles. The fraction of sp³-hybridized carbons (Fsp3) is 0.211. The molecule has 1 unspecified atom stereocenters. The third-order valence-corrected chi connectivity index (χ3v) is 5.23. The van der Waals surface area contributed by atoms with Gasteiger partial charge in [0.15, 0.2) is 0 Å². The van der Waals surface area contributed by atoms with Crippen molar-refractivity contribution in [1.29, 1.82) is 0 Å². The first kappa shape index (κ1) is 16.5. The monoisotopic (exact) mass is 372 g/mol. The van der Waals surface area contributed by atoms with Crippen molar-refractivity contribution < 1.29 is 0 Å². The predicted octanol–water partition coefficient (Wildman–Crippen LogP) is 4.48. The van der Waals surface area contributed by atoms with E-state index >= 15 is 0 Å². The summed E-state index contributed by atoms with van der Waals surface area (Å²) in [5.74, 6) is 0. The van der Waals surface area contributed by atoms with E-state index in [1.807, 2.05) is 37.3 Å². The zero-order valence-electron chi connectivity index (χ0n) is 14.0. The molecule has 2 heterocycles. The zero-order valence-corrected chi connectivity index (χ0v) is 15.5. The van der Waals surface area contributed by atoms with E-state index in [0.717, 1.165) is 50.9 Å². The number of hydrogen-bond acceptors (Lipinski definition) is 4. The second-order valence-corrected chi connectivity index (χ2v) is 6.95. The van der Waals surface area contributed by atoms with Gasteiger partial charge in [0.25, 0.3) is 0 Å². The molecule has 128 valence electrons. The predicted molar refractivity (Wildman–Crippen MR) is 104 cm³/mol. The number of anilines is 1. The highest BCUT2D eigenvalue weighted by Crippen LogP contribution is 2.34. The maximum Gasteiger partial charge on any atom is 0.139 e. The van der Waals surface area contributed by atoms with Crippen LogP contribution in [0.2, 0.25) is 10.0 Å². The van der Waals surface area contributed by atoms with E-state index in [1.165, 1.54) is 0 Å². The average molecular weight is 373 g/mol. The molecule has 6 heteroatoms. The summed E-state index contributed by atoms with van der Waals surface area (Å²) in [7, 11) is 0. The number of aliphatic imine (C=N–C) groups is 1. The van der Waals surface area contributed by atoms with Gasteiger partial charge in [-0.3, -0.25) is 0 Å². The van der Waals surface area contributed by atoms with Crippen LogP contribution < -0.4 is 16.2 Å². The van der Waals surface area contributed by atoms with E-state index in [9.17, 15) is 0 Å². The minimum absolute atomic E-state index is 0.107. The molecular weight excluding hydrogens is 355 g/mol. The number of allylic oxidation sites excluding steroid dienone is 1. The molecule has 4 rings (SSSR count). The molecule has 0 spiro atoms. The maximum absolute atomic E-state index is 6.50. The molecule has 0 fully saturated rings. The molecule has 0 saturated carbocycles. The van der Waals surface area contributed by atoms with E-state index in [1.54, 1.807) is 0 Å². The van der Waals surface area contributed by atoms with Gasteiger partial charge in [0.2, 0.25) is 0 Å². The lowest BCUT2D eigenvalue weighted by Crippen LogP contribution is -2.38. The third-order valence-electron chi connectivity index (χ3n) is 4.55. The van der Waals surface area contributed by atoms with E-state index in [-0.39, 0.29) is 6.17 Å². The first-order valence-corrected chi connectivity index (χ1v) is 8.99. The SMILES string of the molecule is CCc1cc2c(cc1Cl)C(c1ccccc1Cl)=NC1=C(C)NNC1N2. The lowest BCUT2D eigenvalue weighted by molar-refractivity contribution is 0.606. The van der Waals surface area contributed by atoms with Gasteiger partial charge in [-0.2, -0.15) is 0 Å². The average Bonchev–Trinajstić information content (AvgIpc) is 2.86. The Labute approximate surface area is 156 Å². The van der Waals surface area contributed by atoms with Crippen LogP contribution in [0.3, 0.4) is 0 Å². The Kier molecular flexibility index (Phi) is 4.20. The smallest absolute Gasteiger partial charge is 0.139 e. The topological polar surface area (TPSA) is 48.5 Å². The van der Waals surface area contributed by atoms with E-state index in [4.69, 9.17) is 28.2 Å². The van der Waals surface area contributed by atoms with Crippen LogP contribution >= 0.6 is 23.2 Å². The van der Waals surface area contributed by atoms with Gasteiger partial charge < -0.3 is 10.7 Å². The van der Waals surface area contributed by atoms with Crippen LogP contribution in [0.5, 0.6) is 0 Å². The summed E-state index contributed by atoms with van der Waals surface area (Å²) in [4.78, 5) is 4.95. The number of rotatable bonds is 2. The number of benzene rings is 2. The van der Waals surface area contributed by atoms with E-state index in [2.05, 4.69) is 29.2 Å². The van der Waals surface area contributed by atoms with Crippen LogP contribution in [-0.2, 0) is 6.42 Å². The Morgan fingerprint density at radius 1 is 1.08 bits per heavy atom. The largest absolute Gasteiger partial charge is 0.363 e. The van der Waals surface area contributed by atoms with Gasteiger partial charge in [-0.1, -0.05) is 48.3 Å². The van der Waals surface area contributed by atoms with Crippen molar-refractivity contribution in [3.8, 4) is 0 Å². The third kappa shape index (κ3) is 2.80. The number of nitrogens with zero attached hydrogens (tertiary/aromatic N) is 1. The highest BCUT2D eigenvalue weighted by atomic mass is 35.5. The summed E-state index contributed by atoms with van der Waals surface area (Å²) in [5.41, 5.74) is 13.0. The molecule has 3 N–H and O–H groups in total. The lowest BCUT2D eigenvalue weighted by Gasteiger charge is -2.17. The minimum Gasteiger partial charge on any atom is -0.363 e. The lowest BCUT2D eigenvalue weighted by atomic mass is 9.98. The summed E-state index contributed by atoms with van der Waals surface area (Å²) in [5, 5.41) is 4.93. The maximum atomic E-state index is 6.50. The van der Waals surface area contributed by atoms with Gasteiger partial charge >= 0.3 is 0 Å². The first-order valence-electron chi connectivity index (χ1n) is 8.23. The number of hydrogen-bond donors (Lipinski definition) is 3. The van der Waals surface area contributed by atoms with Gasteiger partial charge in [-0.25, -0.2) is 10.4 Å². The van der Waals surface area contributed by atoms with Gasteiger partial charge in [0.05, 0.1) is 11.4 Å². The van der Waals surface area contributed by atoms with Crippen LogP contribution in [-0.4, -0.2) is 11.9 Å².